The third-order valence-corrected chi connectivity index (χ3v) is 7.64. The molecule has 1 fully saturated rings. The lowest BCUT2D eigenvalue weighted by molar-refractivity contribution is 0.0944. The highest BCUT2D eigenvalue weighted by Gasteiger charge is 2.52. The first-order chi connectivity index (χ1) is 19.0. The third kappa shape index (κ3) is 5.52. The molecule has 2 aromatic carbocycles. The maximum atomic E-state index is 15.8. The number of hydrogen-bond donors (Lipinski definition) is 2. The number of pyridine rings is 1. The van der Waals surface area contributed by atoms with E-state index in [0.717, 1.165) is 11.6 Å². The number of amides is 1. The van der Waals surface area contributed by atoms with Gasteiger partial charge in [0.2, 0.25) is 0 Å². The van der Waals surface area contributed by atoms with Gasteiger partial charge in [-0.05, 0) is 54.5 Å². The second-order valence-electron chi connectivity index (χ2n) is 10.4. The van der Waals surface area contributed by atoms with Crippen LogP contribution in [0.25, 0.3) is 24.0 Å². The first kappa shape index (κ1) is 28.0. The maximum Gasteiger partial charge on any atom is 0.251 e. The lowest BCUT2D eigenvalue weighted by Crippen LogP contribution is -2.35. The number of carbonyl (C=O) groups is 1. The number of benzene rings is 2. The summed E-state index contributed by atoms with van der Waals surface area (Å²) < 4.78 is 63.6. The fourth-order valence-electron chi connectivity index (χ4n) is 4.85. The average molecular weight is 574 g/mol. The molecule has 0 radical (unpaired) electrons. The van der Waals surface area contributed by atoms with Crippen molar-refractivity contribution in [2.75, 3.05) is 13.2 Å². The van der Waals surface area contributed by atoms with Crippen LogP contribution in [0.2, 0.25) is 5.02 Å². The Hall–Kier alpha value is -3.59. The number of halogens is 5. The molecule has 2 N–H and O–H groups in total. The number of nitrogens with zero attached hydrogens (tertiary/aromatic N) is 1. The van der Waals surface area contributed by atoms with Crippen LogP contribution in [-0.2, 0) is 0 Å². The molecule has 3 atom stereocenters. The van der Waals surface area contributed by atoms with Gasteiger partial charge in [-0.15, -0.1) is 0 Å². The molecule has 0 bridgehead atoms. The Labute approximate surface area is 233 Å². The second-order valence-corrected chi connectivity index (χ2v) is 10.8. The monoisotopic (exact) mass is 573 g/mol. The molecule has 5 rings (SSSR count). The number of rotatable bonds is 8. The summed E-state index contributed by atoms with van der Waals surface area (Å²) >= 11 is 5.95. The lowest BCUT2D eigenvalue weighted by Gasteiger charge is -2.23. The van der Waals surface area contributed by atoms with Crippen LogP contribution in [0, 0.1) is 11.6 Å². The van der Waals surface area contributed by atoms with E-state index in [4.69, 9.17) is 16.3 Å². The van der Waals surface area contributed by atoms with E-state index in [9.17, 15) is 18.0 Å². The molecule has 1 aliphatic carbocycles. The Kier molecular flexibility index (Phi) is 7.52. The van der Waals surface area contributed by atoms with E-state index in [1.165, 1.54) is 13.1 Å². The van der Waals surface area contributed by atoms with Crippen molar-refractivity contribution in [1.82, 2.24) is 15.6 Å². The largest absolute Gasteiger partial charge is 0.490 e. The van der Waals surface area contributed by atoms with Crippen molar-refractivity contribution in [2.45, 2.75) is 50.5 Å². The van der Waals surface area contributed by atoms with E-state index in [1.54, 1.807) is 24.3 Å². The van der Waals surface area contributed by atoms with Crippen LogP contribution >= 0.6 is 11.6 Å². The standard InChI is InChI=1S/C30H28ClF4N3O2/c1-15-4-5-18(8-19(15)12-36-17(3)32)29(39)37-13-22(30(35)6-7-30)26-10-20-16(2)14-40-28(20)27(38-26)21-9-23(31)25(34)11-24(21)33/h4-5,8-12,16-17,22,36H,1,6-7,13-14H2,2-3H3,(H,37,39)/b19-12-. The van der Waals surface area contributed by atoms with E-state index < -0.39 is 35.4 Å². The highest BCUT2D eigenvalue weighted by Crippen LogP contribution is 2.52. The molecule has 40 heavy (non-hydrogen) atoms. The Morgan fingerprint density at radius 3 is 2.70 bits per heavy atom. The van der Waals surface area contributed by atoms with Gasteiger partial charge in [0.15, 0.2) is 6.30 Å². The van der Waals surface area contributed by atoms with Crippen molar-refractivity contribution in [3.05, 3.63) is 80.3 Å². The Morgan fingerprint density at radius 2 is 2.00 bits per heavy atom. The minimum absolute atomic E-state index is 0.0571. The van der Waals surface area contributed by atoms with Gasteiger partial charge in [0.1, 0.15) is 28.7 Å². The molecule has 210 valence electrons. The molecule has 2 aliphatic rings. The predicted octanol–water partition coefficient (Wildman–Crippen LogP) is 5.25. The van der Waals surface area contributed by atoms with E-state index in [0.29, 0.717) is 40.1 Å². The summed E-state index contributed by atoms with van der Waals surface area (Å²) in [6.45, 7) is 7.40. The molecular weight excluding hydrogens is 546 g/mol. The van der Waals surface area contributed by atoms with Crippen molar-refractivity contribution < 1.29 is 27.1 Å². The molecule has 2 heterocycles. The van der Waals surface area contributed by atoms with Crippen LogP contribution in [0.15, 0.2) is 36.4 Å². The smallest absolute Gasteiger partial charge is 0.251 e. The molecule has 5 nitrogen and oxygen atoms in total. The number of carbonyl (C=O) groups excluding carboxylic acids is 1. The normalized spacial score (nSPS) is 19.0. The fraction of sp³-hybridized carbons (Fsp3) is 0.333. The third-order valence-electron chi connectivity index (χ3n) is 7.35. The van der Waals surface area contributed by atoms with Gasteiger partial charge in [0.05, 0.1) is 17.5 Å². The van der Waals surface area contributed by atoms with Crippen LogP contribution in [0.3, 0.4) is 0 Å². The highest BCUT2D eigenvalue weighted by molar-refractivity contribution is 6.31. The van der Waals surface area contributed by atoms with Crippen molar-refractivity contribution in [3.63, 3.8) is 0 Å². The molecule has 0 saturated heterocycles. The van der Waals surface area contributed by atoms with E-state index >= 15 is 4.39 Å². The summed E-state index contributed by atoms with van der Waals surface area (Å²) in [6.07, 6.45) is 0.724. The van der Waals surface area contributed by atoms with E-state index in [2.05, 4.69) is 22.2 Å². The maximum absolute atomic E-state index is 15.8. The molecule has 3 unspecified atom stereocenters. The fourth-order valence-corrected chi connectivity index (χ4v) is 5.01. The summed E-state index contributed by atoms with van der Waals surface area (Å²) in [5.74, 6) is -2.80. The van der Waals surface area contributed by atoms with Gasteiger partial charge in [-0.25, -0.2) is 22.5 Å². The molecule has 3 aromatic rings. The summed E-state index contributed by atoms with van der Waals surface area (Å²) in [7, 11) is 0. The zero-order chi connectivity index (χ0) is 28.8. The topological polar surface area (TPSA) is 63.2 Å². The molecule has 1 aliphatic heterocycles. The highest BCUT2D eigenvalue weighted by atomic mass is 35.5. The number of fused-ring (bicyclic) bond motifs is 1. The van der Waals surface area contributed by atoms with Crippen LogP contribution < -0.4 is 25.8 Å². The molecule has 1 amide bonds. The number of hydrogen-bond acceptors (Lipinski definition) is 4. The molecular formula is C30H28ClF4N3O2. The van der Waals surface area contributed by atoms with Crippen molar-refractivity contribution >= 4 is 30.3 Å². The van der Waals surface area contributed by atoms with Gasteiger partial charge in [0, 0.05) is 47.1 Å². The summed E-state index contributed by atoms with van der Waals surface area (Å²) in [4.78, 5) is 17.7. The zero-order valence-corrected chi connectivity index (χ0v) is 22.7. The predicted molar refractivity (Wildman–Crippen MR) is 146 cm³/mol. The Morgan fingerprint density at radius 1 is 1.25 bits per heavy atom. The average Bonchev–Trinajstić information content (AvgIpc) is 3.55. The molecule has 10 heteroatoms. The Balaban J connectivity index is 1.49. The molecule has 0 spiro atoms. The van der Waals surface area contributed by atoms with Crippen molar-refractivity contribution in [2.24, 2.45) is 0 Å². The quantitative estimate of drug-likeness (QED) is 0.220. The van der Waals surface area contributed by atoms with Crippen molar-refractivity contribution in [1.29, 1.82) is 0 Å². The van der Waals surface area contributed by atoms with E-state index in [-0.39, 0.29) is 41.6 Å². The van der Waals surface area contributed by atoms with Gasteiger partial charge < -0.3 is 15.4 Å². The minimum Gasteiger partial charge on any atom is -0.490 e. The van der Waals surface area contributed by atoms with Crippen molar-refractivity contribution in [3.8, 4) is 17.0 Å². The minimum atomic E-state index is -1.61. The van der Waals surface area contributed by atoms with Crippen LogP contribution in [0.4, 0.5) is 17.6 Å². The zero-order valence-electron chi connectivity index (χ0n) is 22.0. The number of ether oxygens (including phenoxy) is 1. The summed E-state index contributed by atoms with van der Waals surface area (Å²) in [6, 6.07) is 8.35. The SMILES string of the molecule is C=c1ccc(C(=O)NCC(c2cc3c(c(-c4cc(Cl)c(F)cc4F)n2)OCC3C)C2(F)CC2)c/c1=C/NC(C)F. The molecule has 1 saturated carbocycles. The van der Waals surface area contributed by atoms with Crippen LogP contribution in [0.5, 0.6) is 5.75 Å². The number of nitrogens with one attached hydrogen (secondary N) is 2. The van der Waals surface area contributed by atoms with E-state index in [1.807, 2.05) is 6.92 Å². The summed E-state index contributed by atoms with van der Waals surface area (Å²) in [5.41, 5.74) is -0.209. The number of alkyl halides is 2. The van der Waals surface area contributed by atoms with Gasteiger partial charge in [-0.2, -0.15) is 0 Å². The summed E-state index contributed by atoms with van der Waals surface area (Å²) in [5, 5.41) is 6.19. The van der Waals surface area contributed by atoms with Gasteiger partial charge >= 0.3 is 0 Å². The first-order valence-electron chi connectivity index (χ1n) is 13.0. The lowest BCUT2D eigenvalue weighted by atomic mass is 9.92. The number of aromatic nitrogens is 1. The molecule has 1 aromatic heterocycles. The van der Waals surface area contributed by atoms with Gasteiger partial charge in [-0.3, -0.25) is 4.79 Å². The van der Waals surface area contributed by atoms with Crippen LogP contribution in [0.1, 0.15) is 60.1 Å². The van der Waals surface area contributed by atoms with Crippen LogP contribution in [-0.4, -0.2) is 36.0 Å². The Bertz CT molecular complexity index is 1590. The van der Waals surface area contributed by atoms with Gasteiger partial charge in [0.25, 0.3) is 5.91 Å². The van der Waals surface area contributed by atoms with Gasteiger partial charge in [-0.1, -0.05) is 31.2 Å². The second kappa shape index (κ2) is 10.8. The first-order valence-corrected chi connectivity index (χ1v) is 13.3.